The molecule has 3 rings (SSSR count). The van der Waals surface area contributed by atoms with Crippen LogP contribution in [0.2, 0.25) is 0 Å². The Morgan fingerprint density at radius 2 is 1.76 bits per heavy atom. The standard InChI is InChI=1S/C18H22N2O/c1-12(13-7-5-6-10-18(13)21-2)20-17-11-16(19)14-8-3-4-9-15(14)17/h3-10,12,16-17,20H,11,19H2,1-2H3. The zero-order valence-electron chi connectivity index (χ0n) is 12.5. The van der Waals surface area contributed by atoms with E-state index in [0.717, 1.165) is 12.2 Å². The summed E-state index contributed by atoms with van der Waals surface area (Å²) >= 11 is 0. The van der Waals surface area contributed by atoms with Crippen molar-refractivity contribution in [1.82, 2.24) is 5.32 Å². The second-order valence-electron chi connectivity index (χ2n) is 5.65. The summed E-state index contributed by atoms with van der Waals surface area (Å²) in [4.78, 5) is 0. The summed E-state index contributed by atoms with van der Waals surface area (Å²) in [6, 6.07) is 17.2. The third-order valence-corrected chi connectivity index (χ3v) is 4.32. The molecule has 3 nitrogen and oxygen atoms in total. The van der Waals surface area contributed by atoms with E-state index in [1.807, 2.05) is 18.2 Å². The smallest absolute Gasteiger partial charge is 0.123 e. The van der Waals surface area contributed by atoms with Gasteiger partial charge in [-0.1, -0.05) is 42.5 Å². The largest absolute Gasteiger partial charge is 0.496 e. The SMILES string of the molecule is COc1ccccc1C(C)NC1CC(N)c2ccccc21. The van der Waals surface area contributed by atoms with Gasteiger partial charge in [-0.05, 0) is 30.5 Å². The first-order valence-electron chi connectivity index (χ1n) is 7.44. The third kappa shape index (κ3) is 2.67. The summed E-state index contributed by atoms with van der Waals surface area (Å²) in [5.41, 5.74) is 10.0. The van der Waals surface area contributed by atoms with Gasteiger partial charge in [0.05, 0.1) is 7.11 Å². The van der Waals surface area contributed by atoms with E-state index in [4.69, 9.17) is 10.5 Å². The molecule has 0 aliphatic heterocycles. The molecule has 3 heteroatoms. The van der Waals surface area contributed by atoms with Crippen LogP contribution in [-0.2, 0) is 0 Å². The van der Waals surface area contributed by atoms with Crippen molar-refractivity contribution in [2.24, 2.45) is 5.73 Å². The zero-order valence-corrected chi connectivity index (χ0v) is 12.5. The van der Waals surface area contributed by atoms with Gasteiger partial charge in [-0.25, -0.2) is 0 Å². The first-order valence-corrected chi connectivity index (χ1v) is 7.44. The van der Waals surface area contributed by atoms with Crippen LogP contribution in [0.3, 0.4) is 0 Å². The lowest BCUT2D eigenvalue weighted by molar-refractivity contribution is 0.390. The minimum Gasteiger partial charge on any atom is -0.496 e. The second-order valence-corrected chi connectivity index (χ2v) is 5.65. The molecule has 1 aliphatic carbocycles. The van der Waals surface area contributed by atoms with Gasteiger partial charge in [0.2, 0.25) is 0 Å². The summed E-state index contributed by atoms with van der Waals surface area (Å²) in [5, 5.41) is 3.70. The lowest BCUT2D eigenvalue weighted by Crippen LogP contribution is -2.24. The van der Waals surface area contributed by atoms with E-state index in [9.17, 15) is 0 Å². The molecule has 2 aromatic carbocycles. The van der Waals surface area contributed by atoms with E-state index in [2.05, 4.69) is 42.6 Å². The number of nitrogens with one attached hydrogen (secondary N) is 1. The van der Waals surface area contributed by atoms with Crippen molar-refractivity contribution in [1.29, 1.82) is 0 Å². The van der Waals surface area contributed by atoms with Gasteiger partial charge < -0.3 is 15.8 Å². The highest BCUT2D eigenvalue weighted by Crippen LogP contribution is 2.39. The maximum absolute atomic E-state index is 6.24. The molecule has 2 aromatic rings. The third-order valence-electron chi connectivity index (χ3n) is 4.32. The molecule has 0 radical (unpaired) electrons. The molecule has 0 saturated heterocycles. The summed E-state index contributed by atoms with van der Waals surface area (Å²) in [6.45, 7) is 2.17. The zero-order chi connectivity index (χ0) is 14.8. The van der Waals surface area contributed by atoms with E-state index < -0.39 is 0 Å². The Hall–Kier alpha value is -1.84. The van der Waals surface area contributed by atoms with E-state index in [-0.39, 0.29) is 12.1 Å². The Kier molecular flexibility index (Phi) is 3.95. The summed E-state index contributed by atoms with van der Waals surface area (Å²) in [5.74, 6) is 0.924. The highest BCUT2D eigenvalue weighted by Gasteiger charge is 2.29. The molecule has 0 saturated carbocycles. The molecule has 0 bridgehead atoms. The van der Waals surface area contributed by atoms with Crippen LogP contribution < -0.4 is 15.8 Å². The van der Waals surface area contributed by atoms with E-state index in [1.54, 1.807) is 7.11 Å². The molecule has 3 N–H and O–H groups in total. The number of para-hydroxylation sites is 1. The molecule has 3 atom stereocenters. The van der Waals surface area contributed by atoms with E-state index in [1.165, 1.54) is 16.7 Å². The number of methoxy groups -OCH3 is 1. The van der Waals surface area contributed by atoms with Crippen molar-refractivity contribution in [2.45, 2.75) is 31.5 Å². The number of fused-ring (bicyclic) bond motifs is 1. The van der Waals surface area contributed by atoms with Crippen molar-refractivity contribution in [3.8, 4) is 5.75 Å². The monoisotopic (exact) mass is 282 g/mol. The fraction of sp³-hybridized carbons (Fsp3) is 0.333. The molecule has 3 unspecified atom stereocenters. The predicted molar refractivity (Wildman–Crippen MR) is 85.3 cm³/mol. The van der Waals surface area contributed by atoms with Crippen molar-refractivity contribution >= 4 is 0 Å². The number of benzene rings is 2. The molecular weight excluding hydrogens is 260 g/mol. The highest BCUT2D eigenvalue weighted by molar-refractivity contribution is 5.39. The Morgan fingerprint density at radius 1 is 1.10 bits per heavy atom. The number of hydrogen-bond donors (Lipinski definition) is 2. The quantitative estimate of drug-likeness (QED) is 0.902. The lowest BCUT2D eigenvalue weighted by Gasteiger charge is -2.22. The van der Waals surface area contributed by atoms with Crippen LogP contribution in [0.4, 0.5) is 0 Å². The van der Waals surface area contributed by atoms with Crippen LogP contribution >= 0.6 is 0 Å². The fourth-order valence-electron chi connectivity index (χ4n) is 3.25. The molecule has 1 aliphatic rings. The molecule has 0 heterocycles. The van der Waals surface area contributed by atoms with Crippen LogP contribution in [0.5, 0.6) is 5.75 Å². The Labute approximate surface area is 126 Å². The van der Waals surface area contributed by atoms with Crippen LogP contribution in [0.15, 0.2) is 48.5 Å². The molecule has 0 aromatic heterocycles. The lowest BCUT2D eigenvalue weighted by atomic mass is 10.0. The second kappa shape index (κ2) is 5.88. The average Bonchev–Trinajstić information content (AvgIpc) is 2.84. The van der Waals surface area contributed by atoms with Crippen molar-refractivity contribution < 1.29 is 4.74 Å². The van der Waals surface area contributed by atoms with Crippen molar-refractivity contribution in [2.75, 3.05) is 7.11 Å². The summed E-state index contributed by atoms with van der Waals surface area (Å²) in [7, 11) is 1.71. The van der Waals surface area contributed by atoms with Gasteiger partial charge in [-0.2, -0.15) is 0 Å². The normalized spacial score (nSPS) is 21.9. The number of rotatable bonds is 4. The van der Waals surface area contributed by atoms with Gasteiger partial charge in [0.1, 0.15) is 5.75 Å². The van der Waals surface area contributed by atoms with Gasteiger partial charge in [0.15, 0.2) is 0 Å². The minimum absolute atomic E-state index is 0.128. The first-order chi connectivity index (χ1) is 10.2. The van der Waals surface area contributed by atoms with Gasteiger partial charge >= 0.3 is 0 Å². The average molecular weight is 282 g/mol. The molecule has 21 heavy (non-hydrogen) atoms. The van der Waals surface area contributed by atoms with Crippen LogP contribution in [-0.4, -0.2) is 7.11 Å². The summed E-state index contributed by atoms with van der Waals surface area (Å²) in [6.07, 6.45) is 0.943. The minimum atomic E-state index is 0.128. The van der Waals surface area contributed by atoms with Crippen LogP contribution in [0.25, 0.3) is 0 Å². The number of ether oxygens (including phenoxy) is 1. The fourth-order valence-corrected chi connectivity index (χ4v) is 3.25. The molecular formula is C18H22N2O. The molecule has 110 valence electrons. The Morgan fingerprint density at radius 3 is 2.52 bits per heavy atom. The Balaban J connectivity index is 1.81. The van der Waals surface area contributed by atoms with Gasteiger partial charge in [0, 0.05) is 23.7 Å². The van der Waals surface area contributed by atoms with Gasteiger partial charge in [-0.3, -0.25) is 0 Å². The number of nitrogens with two attached hydrogens (primary N) is 1. The topological polar surface area (TPSA) is 47.3 Å². The molecule has 0 spiro atoms. The maximum Gasteiger partial charge on any atom is 0.123 e. The highest BCUT2D eigenvalue weighted by atomic mass is 16.5. The van der Waals surface area contributed by atoms with Gasteiger partial charge in [0.25, 0.3) is 0 Å². The number of hydrogen-bond acceptors (Lipinski definition) is 3. The van der Waals surface area contributed by atoms with Gasteiger partial charge in [-0.15, -0.1) is 0 Å². The van der Waals surface area contributed by atoms with Crippen LogP contribution in [0.1, 0.15) is 48.2 Å². The Bertz CT molecular complexity index is 626. The van der Waals surface area contributed by atoms with Crippen molar-refractivity contribution in [3.63, 3.8) is 0 Å². The molecule has 0 fully saturated rings. The summed E-state index contributed by atoms with van der Waals surface area (Å²) < 4.78 is 5.46. The molecule has 0 amide bonds. The van der Waals surface area contributed by atoms with E-state index >= 15 is 0 Å². The van der Waals surface area contributed by atoms with Crippen LogP contribution in [0, 0.1) is 0 Å². The first kappa shape index (κ1) is 14.1. The maximum atomic E-state index is 6.24. The predicted octanol–water partition coefficient (Wildman–Crippen LogP) is 3.49. The van der Waals surface area contributed by atoms with Crippen molar-refractivity contribution in [3.05, 3.63) is 65.2 Å². The van der Waals surface area contributed by atoms with E-state index in [0.29, 0.717) is 6.04 Å².